The van der Waals surface area contributed by atoms with E-state index in [1.165, 1.54) is 0 Å². The number of nitrogens with one attached hydrogen (secondary N) is 1. The van der Waals surface area contributed by atoms with E-state index in [1.54, 1.807) is 13.4 Å². The highest BCUT2D eigenvalue weighted by Gasteiger charge is 2.16. The Hall–Kier alpha value is -2.91. The van der Waals surface area contributed by atoms with Gasteiger partial charge in [-0.05, 0) is 31.5 Å². The van der Waals surface area contributed by atoms with Crippen LogP contribution in [-0.2, 0) is 6.54 Å². The zero-order chi connectivity index (χ0) is 20.1. The van der Waals surface area contributed by atoms with E-state index in [-0.39, 0.29) is 18.7 Å². The molecule has 0 fully saturated rings. The van der Waals surface area contributed by atoms with Gasteiger partial charge in [0.2, 0.25) is 0 Å². The highest BCUT2D eigenvalue weighted by Crippen LogP contribution is 2.25. The van der Waals surface area contributed by atoms with Crippen LogP contribution in [0.3, 0.4) is 0 Å². The van der Waals surface area contributed by atoms with Crippen molar-refractivity contribution in [2.75, 3.05) is 25.6 Å². The van der Waals surface area contributed by atoms with Gasteiger partial charge in [0, 0.05) is 12.6 Å². The van der Waals surface area contributed by atoms with Gasteiger partial charge in [-0.15, -0.1) is 0 Å². The summed E-state index contributed by atoms with van der Waals surface area (Å²) in [6.45, 7) is 4.10. The predicted molar refractivity (Wildman–Crippen MR) is 105 cm³/mol. The minimum absolute atomic E-state index is 0.101. The predicted octanol–water partition coefficient (Wildman–Crippen LogP) is 1.76. The van der Waals surface area contributed by atoms with Gasteiger partial charge in [-0.1, -0.05) is 12.1 Å². The lowest BCUT2D eigenvalue weighted by molar-refractivity contribution is 0.0506. The van der Waals surface area contributed by atoms with Crippen LogP contribution < -0.4 is 14.8 Å². The Morgan fingerprint density at radius 3 is 2.57 bits per heavy atom. The minimum Gasteiger partial charge on any atom is -0.497 e. The summed E-state index contributed by atoms with van der Waals surface area (Å²) in [4.78, 5) is 13.3. The average Bonchev–Trinajstić information content (AvgIpc) is 3.15. The number of aromatic nitrogens is 4. The SMILES string of the molecule is COc1ccc(CNc2nc(OCC(O)CO)nc3c2ncn3C(C)C)cc1. The second-order valence-electron chi connectivity index (χ2n) is 6.62. The second kappa shape index (κ2) is 8.85. The number of imidazole rings is 1. The molecule has 2 heterocycles. The van der Waals surface area contributed by atoms with Crippen molar-refractivity contribution in [1.82, 2.24) is 19.5 Å². The molecule has 0 aliphatic carbocycles. The normalized spacial score (nSPS) is 12.4. The van der Waals surface area contributed by atoms with E-state index >= 15 is 0 Å². The number of hydrogen-bond donors (Lipinski definition) is 3. The quantitative estimate of drug-likeness (QED) is 0.509. The average molecular weight is 387 g/mol. The number of rotatable bonds is 9. The van der Waals surface area contributed by atoms with Gasteiger partial charge >= 0.3 is 6.01 Å². The van der Waals surface area contributed by atoms with Gasteiger partial charge < -0.3 is 29.6 Å². The molecule has 0 bridgehead atoms. The Balaban J connectivity index is 1.87. The molecule has 0 saturated heterocycles. The Kier molecular flexibility index (Phi) is 6.27. The molecule has 0 radical (unpaired) electrons. The van der Waals surface area contributed by atoms with E-state index in [0.29, 0.717) is 23.5 Å². The maximum atomic E-state index is 9.53. The van der Waals surface area contributed by atoms with Crippen molar-refractivity contribution in [3.8, 4) is 11.8 Å². The van der Waals surface area contributed by atoms with Crippen molar-refractivity contribution in [1.29, 1.82) is 0 Å². The maximum absolute atomic E-state index is 9.53. The van der Waals surface area contributed by atoms with Crippen LogP contribution >= 0.6 is 0 Å². The fraction of sp³-hybridized carbons (Fsp3) is 0.421. The monoisotopic (exact) mass is 387 g/mol. The van der Waals surface area contributed by atoms with Crippen molar-refractivity contribution in [2.45, 2.75) is 32.5 Å². The molecule has 1 atom stereocenters. The second-order valence-corrected chi connectivity index (χ2v) is 6.62. The zero-order valence-electron chi connectivity index (χ0n) is 16.2. The van der Waals surface area contributed by atoms with E-state index in [1.807, 2.05) is 42.7 Å². The van der Waals surface area contributed by atoms with Gasteiger partial charge in [0.05, 0.1) is 20.0 Å². The number of methoxy groups -OCH3 is 1. The number of anilines is 1. The van der Waals surface area contributed by atoms with Crippen LogP contribution in [0.15, 0.2) is 30.6 Å². The highest BCUT2D eigenvalue weighted by atomic mass is 16.5. The number of aliphatic hydroxyl groups is 2. The fourth-order valence-electron chi connectivity index (χ4n) is 2.61. The Morgan fingerprint density at radius 2 is 1.93 bits per heavy atom. The molecule has 150 valence electrons. The third-order valence-corrected chi connectivity index (χ3v) is 4.19. The Labute approximate surface area is 163 Å². The molecule has 0 saturated carbocycles. The summed E-state index contributed by atoms with van der Waals surface area (Å²) in [5.74, 6) is 1.33. The molecule has 9 nitrogen and oxygen atoms in total. The molecule has 9 heteroatoms. The highest BCUT2D eigenvalue weighted by molar-refractivity contribution is 5.83. The molecule has 0 spiro atoms. The van der Waals surface area contributed by atoms with Crippen LogP contribution in [0.5, 0.6) is 11.8 Å². The summed E-state index contributed by atoms with van der Waals surface area (Å²) in [7, 11) is 1.63. The summed E-state index contributed by atoms with van der Waals surface area (Å²) in [6.07, 6.45) is 0.722. The van der Waals surface area contributed by atoms with Gasteiger partial charge in [0.15, 0.2) is 17.0 Å². The van der Waals surface area contributed by atoms with E-state index in [9.17, 15) is 5.11 Å². The molecule has 28 heavy (non-hydrogen) atoms. The minimum atomic E-state index is -0.995. The van der Waals surface area contributed by atoms with E-state index in [0.717, 1.165) is 11.3 Å². The van der Waals surface area contributed by atoms with Gasteiger partial charge in [-0.25, -0.2) is 4.98 Å². The zero-order valence-corrected chi connectivity index (χ0v) is 16.2. The molecule has 3 aromatic rings. The van der Waals surface area contributed by atoms with Crippen LogP contribution in [0.2, 0.25) is 0 Å². The largest absolute Gasteiger partial charge is 0.497 e. The van der Waals surface area contributed by atoms with Crippen molar-refractivity contribution >= 4 is 17.0 Å². The van der Waals surface area contributed by atoms with Crippen molar-refractivity contribution in [3.05, 3.63) is 36.2 Å². The van der Waals surface area contributed by atoms with Gasteiger partial charge in [0.25, 0.3) is 0 Å². The first kappa shape index (κ1) is 19.8. The molecule has 0 aliphatic heterocycles. The van der Waals surface area contributed by atoms with Gasteiger partial charge in [0.1, 0.15) is 18.5 Å². The smallest absolute Gasteiger partial charge is 0.320 e. The molecule has 1 unspecified atom stereocenters. The first-order chi connectivity index (χ1) is 13.5. The molecule has 3 N–H and O–H groups in total. The molecule has 0 amide bonds. The maximum Gasteiger partial charge on any atom is 0.320 e. The third kappa shape index (κ3) is 4.49. The Morgan fingerprint density at radius 1 is 1.18 bits per heavy atom. The summed E-state index contributed by atoms with van der Waals surface area (Å²) < 4.78 is 12.6. The van der Waals surface area contributed by atoms with Crippen LogP contribution in [-0.4, -0.2) is 56.2 Å². The topological polar surface area (TPSA) is 115 Å². The number of benzene rings is 1. The fourth-order valence-corrected chi connectivity index (χ4v) is 2.61. The standard InChI is InChI=1S/C19H25N5O4/c1-12(2)24-11-21-16-17(20-8-13-4-6-15(27-3)7-5-13)22-19(23-18(16)24)28-10-14(26)9-25/h4-7,11-12,14,25-26H,8-10H2,1-3H3,(H,20,22,23). The lowest BCUT2D eigenvalue weighted by Gasteiger charge is -2.13. The molecule has 0 aliphatic rings. The third-order valence-electron chi connectivity index (χ3n) is 4.19. The number of fused-ring (bicyclic) bond motifs is 1. The number of ether oxygens (including phenoxy) is 2. The summed E-state index contributed by atoms with van der Waals surface area (Å²) >= 11 is 0. The van der Waals surface area contributed by atoms with Gasteiger partial charge in [-0.3, -0.25) is 0 Å². The molecule has 1 aromatic carbocycles. The Bertz CT molecular complexity index is 911. The van der Waals surface area contributed by atoms with E-state index in [4.69, 9.17) is 14.6 Å². The van der Waals surface area contributed by atoms with Gasteiger partial charge in [-0.2, -0.15) is 9.97 Å². The van der Waals surface area contributed by atoms with Crippen LogP contribution in [0, 0.1) is 0 Å². The lowest BCUT2D eigenvalue weighted by atomic mass is 10.2. The first-order valence-electron chi connectivity index (χ1n) is 9.05. The van der Waals surface area contributed by atoms with Crippen molar-refractivity contribution in [3.63, 3.8) is 0 Å². The number of hydrogen-bond acceptors (Lipinski definition) is 8. The molecular weight excluding hydrogens is 362 g/mol. The number of aliphatic hydroxyl groups excluding tert-OH is 2. The van der Waals surface area contributed by atoms with Crippen LogP contribution in [0.4, 0.5) is 5.82 Å². The first-order valence-corrected chi connectivity index (χ1v) is 9.05. The van der Waals surface area contributed by atoms with E-state index in [2.05, 4.69) is 20.3 Å². The molecule has 2 aromatic heterocycles. The van der Waals surface area contributed by atoms with Crippen molar-refractivity contribution in [2.24, 2.45) is 0 Å². The lowest BCUT2D eigenvalue weighted by Crippen LogP contribution is -2.22. The van der Waals surface area contributed by atoms with E-state index < -0.39 is 12.7 Å². The summed E-state index contributed by atoms with van der Waals surface area (Å²) in [5.41, 5.74) is 2.32. The molecular formula is C19H25N5O4. The van der Waals surface area contributed by atoms with Crippen LogP contribution in [0.1, 0.15) is 25.5 Å². The molecule has 3 rings (SSSR count). The summed E-state index contributed by atoms with van der Waals surface area (Å²) in [6, 6.07) is 7.98. The number of nitrogens with zero attached hydrogens (tertiary/aromatic N) is 4. The van der Waals surface area contributed by atoms with Crippen LogP contribution in [0.25, 0.3) is 11.2 Å². The summed E-state index contributed by atoms with van der Waals surface area (Å²) in [5, 5.41) is 21.8. The van der Waals surface area contributed by atoms with Crippen molar-refractivity contribution < 1.29 is 19.7 Å².